The van der Waals surface area contributed by atoms with Gasteiger partial charge in [0.2, 0.25) is 0 Å². The lowest BCUT2D eigenvalue weighted by Gasteiger charge is -2.22. The lowest BCUT2D eigenvalue weighted by atomic mass is 10.0. The van der Waals surface area contributed by atoms with Gasteiger partial charge in [-0.1, -0.05) is 41.4 Å². The zero-order chi connectivity index (χ0) is 28.3. The molecule has 1 fully saturated rings. The minimum atomic E-state index is -4.31. The third kappa shape index (κ3) is 5.18. The molecule has 1 aromatic heterocycles. The smallest absolute Gasteiger partial charge is 0.340 e. The van der Waals surface area contributed by atoms with Gasteiger partial charge >= 0.3 is 5.97 Å². The zero-order valence-electron chi connectivity index (χ0n) is 21.4. The summed E-state index contributed by atoms with van der Waals surface area (Å²) in [6.07, 6.45) is 0.0341. The van der Waals surface area contributed by atoms with Gasteiger partial charge in [-0.15, -0.1) is 0 Å². The van der Waals surface area contributed by atoms with Gasteiger partial charge in [-0.25, -0.2) is 21.6 Å². The molecule has 10 heteroatoms. The van der Waals surface area contributed by atoms with E-state index in [-0.39, 0.29) is 48.6 Å². The number of aliphatic hydroxyl groups is 1. The van der Waals surface area contributed by atoms with E-state index in [1.54, 1.807) is 45.0 Å². The SMILES string of the molecule is CC(C)(C)OC(=O)c1ccc(Cl)c([C@@H](O)c2cc3c(F)cc(C4CC4)cc3n2S(=O)(=O)c2ccccc2)c1Cl. The van der Waals surface area contributed by atoms with Gasteiger partial charge in [-0.05, 0) is 87.6 Å². The second kappa shape index (κ2) is 9.93. The van der Waals surface area contributed by atoms with E-state index in [4.69, 9.17) is 27.9 Å². The zero-order valence-corrected chi connectivity index (χ0v) is 23.7. The van der Waals surface area contributed by atoms with E-state index in [9.17, 15) is 18.3 Å². The van der Waals surface area contributed by atoms with Gasteiger partial charge in [0.1, 0.15) is 17.5 Å². The second-order valence-corrected chi connectivity index (χ2v) is 13.2. The Bertz CT molecular complexity index is 1710. The summed E-state index contributed by atoms with van der Waals surface area (Å²) in [5.74, 6) is -1.20. The highest BCUT2D eigenvalue weighted by Crippen LogP contribution is 2.44. The first-order valence-corrected chi connectivity index (χ1v) is 14.5. The molecule has 3 aromatic carbocycles. The maximum atomic E-state index is 15.4. The van der Waals surface area contributed by atoms with Gasteiger partial charge in [0.05, 0.1) is 26.7 Å². The number of hydrogen-bond acceptors (Lipinski definition) is 5. The molecule has 5 rings (SSSR count). The Morgan fingerprint density at radius 2 is 1.74 bits per heavy atom. The summed E-state index contributed by atoms with van der Waals surface area (Å²) in [7, 11) is -4.31. The van der Waals surface area contributed by atoms with Crippen molar-refractivity contribution >= 4 is 50.1 Å². The standard InChI is InChI=1S/C29H26Cl2FNO5S/c1-29(2,3)38-28(35)19-11-12-21(30)25(26(19)31)27(34)24-15-20-22(32)13-17(16-9-10-16)14-23(20)33(24)39(36,37)18-7-5-4-6-8-18/h4-8,11-16,27,34H,9-10H2,1-3H3/t27-/m0/s1. The Kier molecular flexibility index (Phi) is 7.04. The van der Waals surface area contributed by atoms with Crippen LogP contribution in [0.25, 0.3) is 10.9 Å². The minimum absolute atomic E-state index is 0.00661. The molecule has 39 heavy (non-hydrogen) atoms. The number of carbonyl (C=O) groups is 1. The highest BCUT2D eigenvalue weighted by atomic mass is 35.5. The minimum Gasteiger partial charge on any atom is -0.456 e. The maximum absolute atomic E-state index is 15.4. The van der Waals surface area contributed by atoms with Crippen LogP contribution in [-0.2, 0) is 14.8 Å². The summed E-state index contributed by atoms with van der Waals surface area (Å²) >= 11 is 13.0. The number of aliphatic hydroxyl groups excluding tert-OH is 1. The molecule has 1 aliphatic rings. The van der Waals surface area contributed by atoms with Gasteiger partial charge in [0.15, 0.2) is 0 Å². The van der Waals surface area contributed by atoms with Crippen molar-refractivity contribution in [3.05, 3.63) is 98.9 Å². The molecule has 1 atom stereocenters. The fourth-order valence-electron chi connectivity index (χ4n) is 4.55. The average molecular weight is 591 g/mol. The Morgan fingerprint density at radius 1 is 1.08 bits per heavy atom. The summed E-state index contributed by atoms with van der Waals surface area (Å²) in [5.41, 5.74) is -0.369. The molecule has 1 N–H and O–H groups in total. The lowest BCUT2D eigenvalue weighted by Crippen LogP contribution is -2.24. The summed E-state index contributed by atoms with van der Waals surface area (Å²) in [5, 5.41) is 11.5. The van der Waals surface area contributed by atoms with E-state index in [0.29, 0.717) is 5.56 Å². The van der Waals surface area contributed by atoms with Crippen LogP contribution in [0.15, 0.2) is 65.6 Å². The molecule has 1 aliphatic carbocycles. The molecule has 4 aromatic rings. The quantitative estimate of drug-likeness (QED) is 0.240. The number of benzene rings is 3. The van der Waals surface area contributed by atoms with Crippen molar-refractivity contribution in [1.29, 1.82) is 0 Å². The number of halogens is 3. The van der Waals surface area contributed by atoms with Gasteiger partial charge in [0.25, 0.3) is 10.0 Å². The molecular weight excluding hydrogens is 564 g/mol. The highest BCUT2D eigenvalue weighted by Gasteiger charge is 2.33. The average Bonchev–Trinajstić information content (AvgIpc) is 3.63. The normalized spacial score (nSPS) is 14.9. The second-order valence-electron chi connectivity index (χ2n) is 10.6. The topological polar surface area (TPSA) is 85.6 Å². The number of ether oxygens (including phenoxy) is 1. The van der Waals surface area contributed by atoms with Crippen molar-refractivity contribution in [3.63, 3.8) is 0 Å². The number of esters is 1. The van der Waals surface area contributed by atoms with Crippen molar-refractivity contribution in [2.24, 2.45) is 0 Å². The number of carbonyl (C=O) groups excluding carboxylic acids is 1. The first kappa shape index (κ1) is 27.6. The van der Waals surface area contributed by atoms with Crippen LogP contribution < -0.4 is 0 Å². The maximum Gasteiger partial charge on any atom is 0.340 e. The van der Waals surface area contributed by atoms with Crippen LogP contribution >= 0.6 is 23.2 Å². The van der Waals surface area contributed by atoms with Crippen LogP contribution in [0.1, 0.15) is 72.8 Å². The molecule has 0 spiro atoms. The Labute approximate surface area is 236 Å². The number of nitrogens with zero attached hydrogens (tertiary/aromatic N) is 1. The first-order valence-electron chi connectivity index (χ1n) is 12.3. The summed E-state index contributed by atoms with van der Waals surface area (Å²) in [6, 6.07) is 14.7. The Morgan fingerprint density at radius 3 is 2.36 bits per heavy atom. The largest absolute Gasteiger partial charge is 0.456 e. The molecule has 6 nitrogen and oxygen atoms in total. The van der Waals surface area contributed by atoms with E-state index in [1.807, 2.05) is 0 Å². The predicted molar refractivity (Wildman–Crippen MR) is 149 cm³/mol. The summed E-state index contributed by atoms with van der Waals surface area (Å²) in [4.78, 5) is 12.8. The molecule has 0 amide bonds. The highest BCUT2D eigenvalue weighted by molar-refractivity contribution is 7.90. The van der Waals surface area contributed by atoms with Crippen molar-refractivity contribution < 1.29 is 27.4 Å². The van der Waals surface area contributed by atoms with Crippen LogP contribution in [-0.4, -0.2) is 29.1 Å². The van der Waals surface area contributed by atoms with Gasteiger partial charge < -0.3 is 9.84 Å². The van der Waals surface area contributed by atoms with Crippen LogP contribution in [0.4, 0.5) is 4.39 Å². The van der Waals surface area contributed by atoms with Crippen molar-refractivity contribution in [2.45, 2.75) is 56.1 Å². The number of rotatable bonds is 6. The van der Waals surface area contributed by atoms with Crippen molar-refractivity contribution in [3.8, 4) is 0 Å². The predicted octanol–water partition coefficient (Wildman–Crippen LogP) is 7.24. The number of aromatic nitrogens is 1. The molecule has 1 saturated carbocycles. The summed E-state index contributed by atoms with van der Waals surface area (Å²) in [6.45, 7) is 5.09. The monoisotopic (exact) mass is 589 g/mol. The molecule has 0 aliphatic heterocycles. The van der Waals surface area contributed by atoms with Gasteiger partial charge in [0, 0.05) is 16.0 Å². The molecule has 0 radical (unpaired) electrons. The van der Waals surface area contributed by atoms with Crippen LogP contribution in [0.3, 0.4) is 0 Å². The molecule has 0 saturated heterocycles. The van der Waals surface area contributed by atoms with Gasteiger partial charge in [-0.2, -0.15) is 0 Å². The van der Waals surface area contributed by atoms with Crippen molar-refractivity contribution in [1.82, 2.24) is 3.97 Å². The van der Waals surface area contributed by atoms with E-state index >= 15 is 4.39 Å². The summed E-state index contributed by atoms with van der Waals surface area (Å²) < 4.78 is 49.7. The molecular formula is C29H26Cl2FNO5S. The number of fused-ring (bicyclic) bond motifs is 1. The van der Waals surface area contributed by atoms with Crippen LogP contribution in [0, 0.1) is 5.82 Å². The molecule has 0 bridgehead atoms. The first-order chi connectivity index (χ1) is 18.3. The van der Waals surface area contributed by atoms with Crippen LogP contribution in [0.5, 0.6) is 0 Å². The van der Waals surface area contributed by atoms with E-state index in [0.717, 1.165) is 16.8 Å². The van der Waals surface area contributed by atoms with Crippen molar-refractivity contribution in [2.75, 3.05) is 0 Å². The lowest BCUT2D eigenvalue weighted by molar-refractivity contribution is 0.00695. The fourth-order valence-corrected chi connectivity index (χ4v) is 6.75. The molecule has 1 heterocycles. The Balaban J connectivity index is 1.75. The molecule has 0 unspecified atom stereocenters. The van der Waals surface area contributed by atoms with Gasteiger partial charge in [-0.3, -0.25) is 0 Å². The third-order valence-corrected chi connectivity index (χ3v) is 9.00. The van der Waals surface area contributed by atoms with E-state index in [2.05, 4.69) is 0 Å². The van der Waals surface area contributed by atoms with Crippen LogP contribution in [0.2, 0.25) is 10.0 Å². The molecule has 204 valence electrons. The van der Waals surface area contributed by atoms with E-state index in [1.165, 1.54) is 36.4 Å². The van der Waals surface area contributed by atoms with E-state index < -0.39 is 33.5 Å². The fraction of sp³-hybridized carbons (Fsp3) is 0.276. The third-order valence-electron chi connectivity index (χ3n) is 6.50. The number of hydrogen-bond donors (Lipinski definition) is 1. The Hall–Kier alpha value is -2.91.